The third-order valence-electron chi connectivity index (χ3n) is 7.04. The van der Waals surface area contributed by atoms with Crippen molar-refractivity contribution in [3.63, 3.8) is 0 Å². The van der Waals surface area contributed by atoms with Gasteiger partial charge < -0.3 is 5.11 Å². The molecule has 3 heterocycles. The van der Waals surface area contributed by atoms with Crippen molar-refractivity contribution in [3.05, 3.63) is 58.9 Å². The third kappa shape index (κ3) is 4.86. The van der Waals surface area contributed by atoms with Gasteiger partial charge in [-0.2, -0.15) is 30.6 Å². The van der Waals surface area contributed by atoms with E-state index in [0.717, 1.165) is 18.1 Å². The molecule has 2 bridgehead atoms. The van der Waals surface area contributed by atoms with Crippen LogP contribution in [0.4, 0.5) is 30.7 Å². The fourth-order valence-electron chi connectivity index (χ4n) is 5.34. The quantitative estimate of drug-likeness (QED) is 0.531. The zero-order chi connectivity index (χ0) is 27.6. The van der Waals surface area contributed by atoms with Gasteiger partial charge in [0.05, 0.1) is 6.26 Å². The minimum absolute atomic E-state index is 0.0667. The Labute approximate surface area is 209 Å². The summed E-state index contributed by atoms with van der Waals surface area (Å²) in [6.45, 7) is 3.40. The van der Waals surface area contributed by atoms with Gasteiger partial charge in [0, 0.05) is 42.8 Å². The molecule has 0 amide bonds. The van der Waals surface area contributed by atoms with E-state index in [0.29, 0.717) is 43.2 Å². The molecule has 2 aromatic carbocycles. The largest absolute Gasteiger partial charge is 0.430 e. The summed E-state index contributed by atoms with van der Waals surface area (Å²) in [7, 11) is -3.27. The third-order valence-corrected chi connectivity index (χ3v) is 8.40. The number of nitrogens with zero attached hydrogens (tertiary/aromatic N) is 2. The molecule has 3 aliphatic rings. The summed E-state index contributed by atoms with van der Waals surface area (Å²) in [4.78, 5) is 2.11. The number of hydrogen-bond acceptors (Lipinski definition) is 4. The van der Waals surface area contributed by atoms with Crippen LogP contribution >= 0.6 is 0 Å². The van der Waals surface area contributed by atoms with Crippen LogP contribution in [0.1, 0.15) is 30.0 Å². The first kappa shape index (κ1) is 27.8. The van der Waals surface area contributed by atoms with Gasteiger partial charge in [0.15, 0.2) is 0 Å². The van der Waals surface area contributed by atoms with E-state index in [1.165, 1.54) is 10.6 Å². The monoisotopic (exact) mass is 554 g/mol. The van der Waals surface area contributed by atoms with Gasteiger partial charge in [-0.1, -0.05) is 37.3 Å². The van der Waals surface area contributed by atoms with Crippen LogP contribution in [-0.2, 0) is 28.6 Å². The molecule has 2 atom stereocenters. The minimum atomic E-state index is -6.11. The molecule has 0 radical (unpaired) electrons. The van der Waals surface area contributed by atoms with E-state index in [-0.39, 0.29) is 23.7 Å². The first-order chi connectivity index (χ1) is 17.0. The van der Waals surface area contributed by atoms with E-state index in [9.17, 15) is 44.3 Å². The van der Waals surface area contributed by atoms with Crippen LogP contribution in [0.5, 0.6) is 0 Å². The Kier molecular flexibility index (Phi) is 6.92. The molecule has 0 saturated carbocycles. The summed E-state index contributed by atoms with van der Waals surface area (Å²) in [5.74, 6) is -1.33. The fourth-order valence-corrected chi connectivity index (χ4v) is 6.73. The maximum absolute atomic E-state index is 14.9. The topological polar surface area (TPSA) is 60.9 Å². The lowest BCUT2D eigenvalue weighted by molar-refractivity contribution is -0.376. The maximum atomic E-state index is 14.9. The van der Waals surface area contributed by atoms with E-state index in [2.05, 4.69) is 4.90 Å². The molecule has 2 aromatic rings. The van der Waals surface area contributed by atoms with Gasteiger partial charge in [-0.25, -0.2) is 12.8 Å². The van der Waals surface area contributed by atoms with Crippen LogP contribution in [-0.4, -0.2) is 66.5 Å². The lowest BCUT2D eigenvalue weighted by Crippen LogP contribution is -2.69. The van der Waals surface area contributed by atoms with E-state index in [1.54, 1.807) is 25.1 Å². The van der Waals surface area contributed by atoms with Gasteiger partial charge in [0.25, 0.3) is 5.60 Å². The van der Waals surface area contributed by atoms with Crippen molar-refractivity contribution < 1.29 is 44.3 Å². The lowest BCUT2D eigenvalue weighted by Gasteiger charge is -2.54. The van der Waals surface area contributed by atoms with Gasteiger partial charge in [-0.05, 0) is 35.6 Å². The first-order valence-electron chi connectivity index (χ1n) is 11.5. The van der Waals surface area contributed by atoms with Crippen LogP contribution in [0.2, 0.25) is 0 Å². The minimum Gasteiger partial charge on any atom is -0.369 e. The summed E-state index contributed by atoms with van der Waals surface area (Å²) in [6, 6.07) is 6.17. The van der Waals surface area contributed by atoms with Crippen molar-refractivity contribution in [2.75, 3.05) is 19.3 Å². The van der Waals surface area contributed by atoms with Crippen molar-refractivity contribution >= 4 is 10.0 Å². The summed E-state index contributed by atoms with van der Waals surface area (Å²) in [5, 5.41) is 9.56. The van der Waals surface area contributed by atoms with Crippen LogP contribution < -0.4 is 0 Å². The highest BCUT2D eigenvalue weighted by molar-refractivity contribution is 7.88. The maximum Gasteiger partial charge on any atom is 0.430 e. The molecule has 0 spiro atoms. The highest BCUT2D eigenvalue weighted by Crippen LogP contribution is 2.50. The second kappa shape index (κ2) is 9.21. The Morgan fingerprint density at radius 1 is 0.946 bits per heavy atom. The molecule has 3 fully saturated rings. The molecule has 0 aliphatic carbocycles. The predicted molar refractivity (Wildman–Crippen MR) is 121 cm³/mol. The molecule has 2 unspecified atom stereocenters. The standard InChI is InChI=1S/C24H25F7N2O3S/c1-3-15-8-14(11-32-12-17-10-18(13-32)33(17)37(2,35)36)4-6-19(15)20-7-5-16(9-21(20)25)22(34,23(26,27)28)24(29,30)31/h4-9,17-18,34H,3,10-13H2,1-2H3. The van der Waals surface area contributed by atoms with Gasteiger partial charge in [0.1, 0.15) is 5.82 Å². The molecule has 13 heteroatoms. The predicted octanol–water partition coefficient (Wildman–Crippen LogP) is 4.59. The zero-order valence-electron chi connectivity index (χ0n) is 19.9. The lowest BCUT2D eigenvalue weighted by atomic mass is 9.88. The van der Waals surface area contributed by atoms with E-state index in [1.807, 2.05) is 0 Å². The Bertz CT molecular complexity index is 1270. The van der Waals surface area contributed by atoms with Crippen LogP contribution in [0.25, 0.3) is 11.1 Å². The molecule has 3 aliphatic heterocycles. The average molecular weight is 555 g/mol. The number of aliphatic hydroxyl groups is 1. The molecule has 0 aromatic heterocycles. The molecule has 204 valence electrons. The molecule has 5 nitrogen and oxygen atoms in total. The highest BCUT2D eigenvalue weighted by atomic mass is 32.2. The van der Waals surface area contributed by atoms with Crippen molar-refractivity contribution in [3.8, 4) is 11.1 Å². The van der Waals surface area contributed by atoms with Crippen molar-refractivity contribution in [2.45, 2.75) is 56.3 Å². The van der Waals surface area contributed by atoms with Crippen molar-refractivity contribution in [1.29, 1.82) is 0 Å². The average Bonchev–Trinajstić information content (AvgIpc) is 2.75. The first-order valence-corrected chi connectivity index (χ1v) is 13.3. The van der Waals surface area contributed by atoms with Crippen LogP contribution in [0.3, 0.4) is 0 Å². The molecule has 5 rings (SSSR count). The second-order valence-electron chi connectivity index (χ2n) is 9.58. The molecule has 37 heavy (non-hydrogen) atoms. The molecular weight excluding hydrogens is 529 g/mol. The summed E-state index contributed by atoms with van der Waals surface area (Å²) < 4.78 is 119. The van der Waals surface area contributed by atoms with Crippen LogP contribution in [0, 0.1) is 5.82 Å². The molecule has 1 N–H and O–H groups in total. The van der Waals surface area contributed by atoms with E-state index >= 15 is 0 Å². The number of piperazine rings is 1. The van der Waals surface area contributed by atoms with E-state index < -0.39 is 39.4 Å². The number of fused-ring (bicyclic) bond motifs is 2. The van der Waals surface area contributed by atoms with E-state index in [4.69, 9.17) is 0 Å². The number of rotatable bonds is 6. The van der Waals surface area contributed by atoms with Gasteiger partial charge in [-0.3, -0.25) is 4.90 Å². The fraction of sp³-hybridized carbons (Fsp3) is 0.500. The second-order valence-corrected chi connectivity index (χ2v) is 11.5. The van der Waals surface area contributed by atoms with Gasteiger partial charge in [0.2, 0.25) is 10.0 Å². The molecular formula is C24H25F7N2O3S. The Balaban J connectivity index is 1.58. The molecule has 3 saturated heterocycles. The van der Waals surface area contributed by atoms with Gasteiger partial charge in [-0.15, -0.1) is 0 Å². The number of sulfonamides is 1. The van der Waals surface area contributed by atoms with Crippen molar-refractivity contribution in [2.24, 2.45) is 0 Å². The number of alkyl halides is 6. The van der Waals surface area contributed by atoms with Crippen molar-refractivity contribution in [1.82, 2.24) is 9.21 Å². The Morgan fingerprint density at radius 3 is 2.00 bits per heavy atom. The SMILES string of the molecule is CCc1cc(CN2CC3CC(C2)N3S(C)(=O)=O)ccc1-c1ccc(C(O)(C(F)(F)F)C(F)(F)F)cc1F. The Hall–Kier alpha value is -2.22. The highest BCUT2D eigenvalue weighted by Gasteiger charge is 2.71. The normalized spacial score (nSPS) is 21.7. The number of benzene rings is 2. The van der Waals surface area contributed by atoms with Crippen LogP contribution in [0.15, 0.2) is 36.4 Å². The smallest absolute Gasteiger partial charge is 0.369 e. The number of aryl methyl sites for hydroxylation is 1. The summed E-state index contributed by atoms with van der Waals surface area (Å²) in [5.41, 5.74) is -5.27. The summed E-state index contributed by atoms with van der Waals surface area (Å²) in [6.07, 6.45) is -9.82. The number of piperidine rings is 1. The zero-order valence-corrected chi connectivity index (χ0v) is 20.7. The van der Waals surface area contributed by atoms with Gasteiger partial charge >= 0.3 is 12.4 Å². The number of hydrogen-bond donors (Lipinski definition) is 1. The number of halogens is 7. The Morgan fingerprint density at radius 2 is 1.51 bits per heavy atom. The summed E-state index contributed by atoms with van der Waals surface area (Å²) >= 11 is 0.